The van der Waals surface area contributed by atoms with E-state index in [9.17, 15) is 14.2 Å². The van der Waals surface area contributed by atoms with E-state index >= 15 is 0 Å². The molecule has 0 aromatic carbocycles. The minimum atomic E-state index is -4.77. The molecule has 8 nitrogen and oxygen atoms in total. The number of unbranched alkanes of at least 4 members (excludes halogenated alkanes) is 8. The molecule has 0 spiro atoms. The SMILES string of the molecule is CC/C=C/C/C=C/C/C=C/C/C=C/C/C=C/CCCC(=O)O[C@H](COC(=O)CCCCCCC/C=C/CCCC)COP(=O)(O)O. The summed E-state index contributed by atoms with van der Waals surface area (Å²) in [6.45, 7) is 3.44. The van der Waals surface area contributed by atoms with E-state index in [1.165, 1.54) is 12.8 Å². The molecule has 0 amide bonds. The smallest absolute Gasteiger partial charge is 0.462 e. The average Bonchev–Trinajstić information content (AvgIpc) is 3.02. The van der Waals surface area contributed by atoms with E-state index in [4.69, 9.17) is 19.3 Å². The molecule has 0 aliphatic carbocycles. The van der Waals surface area contributed by atoms with Crippen molar-refractivity contribution < 1.29 is 37.9 Å². The highest BCUT2D eigenvalue weighted by atomic mass is 31.2. The third-order valence-electron chi connectivity index (χ3n) is 6.71. The normalized spacial score (nSPS) is 13.4. The highest BCUT2D eigenvalue weighted by Crippen LogP contribution is 2.35. The first kappa shape index (κ1) is 43.5. The van der Waals surface area contributed by atoms with Crippen LogP contribution in [0.3, 0.4) is 0 Å². The molecular weight excluding hydrogens is 603 g/mol. The lowest BCUT2D eigenvalue weighted by atomic mass is 10.1. The minimum absolute atomic E-state index is 0.128. The Morgan fingerprint density at radius 3 is 1.65 bits per heavy atom. The molecule has 0 radical (unpaired) electrons. The Morgan fingerprint density at radius 2 is 1.07 bits per heavy atom. The Morgan fingerprint density at radius 1 is 0.587 bits per heavy atom. The van der Waals surface area contributed by atoms with Gasteiger partial charge in [0.15, 0.2) is 6.10 Å². The van der Waals surface area contributed by atoms with Gasteiger partial charge in [-0.3, -0.25) is 14.1 Å². The Bertz CT molecular complexity index is 974. The van der Waals surface area contributed by atoms with Crippen molar-refractivity contribution in [3.05, 3.63) is 72.9 Å². The molecule has 0 aromatic rings. The zero-order chi connectivity index (χ0) is 34.0. The molecule has 2 N–H and O–H groups in total. The lowest BCUT2D eigenvalue weighted by molar-refractivity contribution is -0.161. The number of allylic oxidation sites excluding steroid dienone is 12. The molecule has 0 bridgehead atoms. The lowest BCUT2D eigenvalue weighted by Crippen LogP contribution is -2.29. The molecule has 9 heteroatoms. The highest BCUT2D eigenvalue weighted by Gasteiger charge is 2.22. The molecule has 46 heavy (non-hydrogen) atoms. The van der Waals surface area contributed by atoms with Crippen LogP contribution in [-0.4, -0.2) is 41.0 Å². The van der Waals surface area contributed by atoms with Gasteiger partial charge in [0.2, 0.25) is 0 Å². The summed E-state index contributed by atoms with van der Waals surface area (Å²) >= 11 is 0. The number of hydrogen-bond donors (Lipinski definition) is 2. The van der Waals surface area contributed by atoms with Gasteiger partial charge in [-0.1, -0.05) is 119 Å². The van der Waals surface area contributed by atoms with Gasteiger partial charge in [-0.05, 0) is 70.6 Å². The maximum absolute atomic E-state index is 12.3. The van der Waals surface area contributed by atoms with Gasteiger partial charge < -0.3 is 19.3 Å². The number of hydrogen-bond acceptors (Lipinski definition) is 6. The molecule has 0 heterocycles. The molecule has 0 saturated heterocycles. The average molecular weight is 665 g/mol. The van der Waals surface area contributed by atoms with Crippen LogP contribution in [0.25, 0.3) is 0 Å². The summed E-state index contributed by atoms with van der Waals surface area (Å²) < 4.78 is 26.1. The van der Waals surface area contributed by atoms with Crippen molar-refractivity contribution >= 4 is 19.8 Å². The maximum atomic E-state index is 12.3. The van der Waals surface area contributed by atoms with Gasteiger partial charge in [0, 0.05) is 12.8 Å². The number of phosphoric ester groups is 1. The molecule has 0 aromatic heterocycles. The first-order valence-electron chi connectivity index (χ1n) is 17.2. The topological polar surface area (TPSA) is 119 Å². The Hall–Kier alpha value is -2.51. The van der Waals surface area contributed by atoms with Gasteiger partial charge in [0.05, 0.1) is 6.61 Å². The summed E-state index contributed by atoms with van der Waals surface area (Å²) in [6.07, 6.45) is 40.6. The van der Waals surface area contributed by atoms with Gasteiger partial charge in [-0.25, -0.2) is 4.57 Å². The quantitative estimate of drug-likeness (QED) is 0.0337. The van der Waals surface area contributed by atoms with Crippen molar-refractivity contribution in [3.63, 3.8) is 0 Å². The van der Waals surface area contributed by atoms with Gasteiger partial charge in [0.25, 0.3) is 0 Å². The monoisotopic (exact) mass is 664 g/mol. The Balaban J connectivity index is 4.16. The molecule has 262 valence electrons. The second-order valence-electron chi connectivity index (χ2n) is 11.1. The predicted octanol–water partition coefficient (Wildman–Crippen LogP) is 9.95. The minimum Gasteiger partial charge on any atom is -0.462 e. The number of ether oxygens (including phenoxy) is 2. The Kier molecular flexibility index (Phi) is 30.7. The van der Waals surface area contributed by atoms with Crippen LogP contribution in [0, 0.1) is 0 Å². The summed E-state index contributed by atoms with van der Waals surface area (Å²) in [4.78, 5) is 42.5. The molecule has 0 saturated carbocycles. The van der Waals surface area contributed by atoms with E-state index in [0.717, 1.165) is 70.6 Å². The molecule has 1 atom stereocenters. The van der Waals surface area contributed by atoms with Crippen LogP contribution in [0.15, 0.2) is 72.9 Å². The first-order chi connectivity index (χ1) is 22.3. The summed E-state index contributed by atoms with van der Waals surface area (Å²) in [7, 11) is -4.77. The van der Waals surface area contributed by atoms with Gasteiger partial charge in [-0.15, -0.1) is 0 Å². The zero-order valence-corrected chi connectivity index (χ0v) is 29.3. The van der Waals surface area contributed by atoms with Crippen molar-refractivity contribution in [2.75, 3.05) is 13.2 Å². The summed E-state index contributed by atoms with van der Waals surface area (Å²) in [5.74, 6) is -0.975. The molecular formula is C37H61O8P. The number of carbonyl (C=O) groups is 2. The van der Waals surface area contributed by atoms with E-state index in [0.29, 0.717) is 19.3 Å². The van der Waals surface area contributed by atoms with Gasteiger partial charge in [-0.2, -0.15) is 0 Å². The second-order valence-corrected chi connectivity index (χ2v) is 12.3. The summed E-state index contributed by atoms with van der Waals surface area (Å²) in [5.41, 5.74) is 0. The van der Waals surface area contributed by atoms with Gasteiger partial charge >= 0.3 is 19.8 Å². The maximum Gasteiger partial charge on any atom is 0.469 e. The fourth-order valence-corrected chi connectivity index (χ4v) is 4.51. The van der Waals surface area contributed by atoms with Crippen molar-refractivity contribution in [2.24, 2.45) is 0 Å². The highest BCUT2D eigenvalue weighted by molar-refractivity contribution is 7.46. The molecule has 0 fully saturated rings. The number of rotatable bonds is 30. The van der Waals surface area contributed by atoms with Crippen molar-refractivity contribution in [3.8, 4) is 0 Å². The lowest BCUT2D eigenvalue weighted by Gasteiger charge is -2.18. The van der Waals surface area contributed by atoms with Crippen molar-refractivity contribution in [2.45, 2.75) is 136 Å². The predicted molar refractivity (Wildman–Crippen MR) is 188 cm³/mol. The van der Waals surface area contributed by atoms with Crippen LogP contribution in [0.1, 0.15) is 129 Å². The van der Waals surface area contributed by atoms with E-state index in [1.54, 1.807) is 0 Å². The Labute approximate surface area is 279 Å². The van der Waals surface area contributed by atoms with Crippen LogP contribution in [0.5, 0.6) is 0 Å². The van der Waals surface area contributed by atoms with Crippen LogP contribution < -0.4 is 0 Å². The van der Waals surface area contributed by atoms with E-state index < -0.39 is 32.5 Å². The van der Waals surface area contributed by atoms with Crippen LogP contribution in [-0.2, 0) is 28.2 Å². The molecule has 0 rings (SSSR count). The number of phosphoric acid groups is 1. The fourth-order valence-electron chi connectivity index (χ4n) is 4.15. The zero-order valence-electron chi connectivity index (χ0n) is 28.4. The first-order valence-corrected chi connectivity index (χ1v) is 18.8. The van der Waals surface area contributed by atoms with Gasteiger partial charge in [0.1, 0.15) is 6.61 Å². The van der Waals surface area contributed by atoms with E-state index in [2.05, 4.69) is 79.1 Å². The van der Waals surface area contributed by atoms with E-state index in [1.807, 2.05) is 12.2 Å². The third-order valence-corrected chi connectivity index (χ3v) is 7.19. The molecule has 0 unspecified atom stereocenters. The third kappa shape index (κ3) is 34.4. The largest absolute Gasteiger partial charge is 0.469 e. The fraction of sp³-hybridized carbons (Fsp3) is 0.622. The number of esters is 2. The molecule has 0 aliphatic rings. The van der Waals surface area contributed by atoms with Crippen molar-refractivity contribution in [1.29, 1.82) is 0 Å². The van der Waals surface area contributed by atoms with E-state index in [-0.39, 0.29) is 19.4 Å². The molecule has 0 aliphatic heterocycles. The number of carbonyl (C=O) groups excluding carboxylic acids is 2. The van der Waals surface area contributed by atoms with Crippen LogP contribution in [0.2, 0.25) is 0 Å². The standard InChI is InChI=1S/C37H61O8P/c1-3-5-7-9-11-13-15-16-17-18-19-20-22-24-26-28-30-32-37(39)45-35(34-44-46(40,41)42)33-43-36(38)31-29-27-25-23-21-14-12-10-8-6-4-2/h5,7,10-13,16-17,19-20,24,26,35H,3-4,6,8-9,14-15,18,21-23,25,27-34H2,1-2H3,(H2,40,41,42)/b7-5+,12-10+,13-11+,17-16+,20-19+,26-24+/t35-/m1/s1. The second kappa shape index (κ2) is 32.4. The summed E-state index contributed by atoms with van der Waals surface area (Å²) in [6, 6.07) is 0. The van der Waals surface area contributed by atoms with Crippen LogP contribution in [0.4, 0.5) is 0 Å². The van der Waals surface area contributed by atoms with Crippen molar-refractivity contribution in [1.82, 2.24) is 0 Å². The van der Waals surface area contributed by atoms with Crippen LogP contribution >= 0.6 is 7.82 Å². The summed E-state index contributed by atoms with van der Waals surface area (Å²) in [5, 5.41) is 0.